The van der Waals surface area contributed by atoms with E-state index in [1.165, 1.54) is 0 Å². The molecule has 26 heavy (non-hydrogen) atoms. The van der Waals surface area contributed by atoms with Crippen LogP contribution in [0, 0.1) is 0 Å². The van der Waals surface area contributed by atoms with Gasteiger partial charge in [0.1, 0.15) is 5.75 Å². The lowest BCUT2D eigenvalue weighted by Gasteiger charge is -2.19. The predicted molar refractivity (Wildman–Crippen MR) is 98.6 cm³/mol. The van der Waals surface area contributed by atoms with Crippen molar-refractivity contribution in [2.75, 3.05) is 23.9 Å². The van der Waals surface area contributed by atoms with Crippen LogP contribution in [0.2, 0.25) is 0 Å². The fraction of sp³-hybridized carbons (Fsp3) is 0.211. The third kappa shape index (κ3) is 2.77. The van der Waals surface area contributed by atoms with Crippen molar-refractivity contribution in [2.45, 2.75) is 12.8 Å². The highest BCUT2D eigenvalue weighted by atomic mass is 16.5. The zero-order chi connectivity index (χ0) is 18.1. The van der Waals surface area contributed by atoms with E-state index in [4.69, 9.17) is 4.74 Å². The molecule has 2 aromatic carbocycles. The van der Waals surface area contributed by atoms with Crippen molar-refractivity contribution in [3.05, 3.63) is 48.2 Å². The summed E-state index contributed by atoms with van der Waals surface area (Å²) in [5.41, 5.74) is 2.52. The first kappa shape index (κ1) is 16.1. The summed E-state index contributed by atoms with van der Waals surface area (Å²) >= 11 is 0. The number of fused-ring (bicyclic) bond motifs is 1. The van der Waals surface area contributed by atoms with Crippen LogP contribution in [0.3, 0.4) is 0 Å². The van der Waals surface area contributed by atoms with Gasteiger partial charge < -0.3 is 15.0 Å². The van der Waals surface area contributed by atoms with Crippen molar-refractivity contribution in [3.8, 4) is 5.75 Å². The Labute approximate surface area is 149 Å². The lowest BCUT2D eigenvalue weighted by molar-refractivity contribution is -0.117. The molecule has 0 bridgehead atoms. The first-order valence-electron chi connectivity index (χ1n) is 8.39. The molecule has 2 amide bonds. The number of hydrogen-bond acceptors (Lipinski definition) is 4. The first-order chi connectivity index (χ1) is 12.7. The van der Waals surface area contributed by atoms with Gasteiger partial charge >= 0.3 is 0 Å². The number of ether oxygens (including phenoxy) is 1. The lowest BCUT2D eigenvalue weighted by Crippen LogP contribution is -2.24. The van der Waals surface area contributed by atoms with E-state index >= 15 is 0 Å². The molecule has 2 N–H and O–H groups in total. The molecule has 132 valence electrons. The summed E-state index contributed by atoms with van der Waals surface area (Å²) in [5.74, 6) is 0.399. The quantitative estimate of drug-likeness (QED) is 0.757. The maximum atomic E-state index is 12.7. The molecular formula is C19H18N4O3. The van der Waals surface area contributed by atoms with Crippen LogP contribution in [0.25, 0.3) is 10.9 Å². The average Bonchev–Trinajstić information content (AvgIpc) is 3.30. The second-order valence-electron chi connectivity index (χ2n) is 6.13. The summed E-state index contributed by atoms with van der Waals surface area (Å²) in [6.45, 7) is 0.683. The smallest absolute Gasteiger partial charge is 0.257 e. The van der Waals surface area contributed by atoms with Gasteiger partial charge in [-0.15, -0.1) is 0 Å². The van der Waals surface area contributed by atoms with Crippen molar-refractivity contribution in [3.63, 3.8) is 0 Å². The predicted octanol–water partition coefficient (Wildman–Crippen LogP) is 2.95. The normalized spacial score (nSPS) is 14.0. The molecule has 0 spiro atoms. The van der Waals surface area contributed by atoms with Gasteiger partial charge in [-0.2, -0.15) is 5.10 Å². The van der Waals surface area contributed by atoms with E-state index in [0.717, 1.165) is 17.5 Å². The van der Waals surface area contributed by atoms with E-state index in [2.05, 4.69) is 15.5 Å². The monoisotopic (exact) mass is 350 g/mol. The molecule has 7 heteroatoms. The van der Waals surface area contributed by atoms with Crippen LogP contribution >= 0.6 is 0 Å². The molecule has 7 nitrogen and oxygen atoms in total. The van der Waals surface area contributed by atoms with Crippen molar-refractivity contribution >= 4 is 34.1 Å². The number of anilines is 2. The van der Waals surface area contributed by atoms with Crippen LogP contribution in [0.1, 0.15) is 23.2 Å². The Morgan fingerprint density at radius 2 is 2.19 bits per heavy atom. The highest BCUT2D eigenvalue weighted by Crippen LogP contribution is 2.34. The summed E-state index contributed by atoms with van der Waals surface area (Å²) in [6, 6.07) is 10.7. The highest BCUT2D eigenvalue weighted by molar-refractivity contribution is 6.12. The minimum atomic E-state index is -0.244. The molecule has 3 aromatic rings. The number of benzene rings is 2. The maximum Gasteiger partial charge on any atom is 0.257 e. The van der Waals surface area contributed by atoms with Crippen molar-refractivity contribution < 1.29 is 14.3 Å². The summed E-state index contributed by atoms with van der Waals surface area (Å²) in [4.78, 5) is 26.4. The standard InChI is InChI=1S/C19H18N4O3/c1-26-16-10-13(7-8-15(16)23-9-3-6-17(23)24)21-19(25)14-5-2-4-12-11-20-22-18(12)14/h2,4-5,7-8,10-11H,3,6,9H2,1H3,(H,20,22)(H,21,25). The number of methoxy groups -OCH3 is 1. The maximum absolute atomic E-state index is 12.7. The SMILES string of the molecule is COc1cc(NC(=O)c2cccc3cn[nH]c23)ccc1N1CCCC1=O. The van der Waals surface area contributed by atoms with Crippen LogP contribution in [0.5, 0.6) is 5.75 Å². The molecule has 0 atom stereocenters. The van der Waals surface area contributed by atoms with E-state index in [9.17, 15) is 9.59 Å². The Hall–Kier alpha value is -3.35. The van der Waals surface area contributed by atoms with Gasteiger partial charge in [0.15, 0.2) is 0 Å². The molecule has 1 aromatic heterocycles. The van der Waals surface area contributed by atoms with E-state index in [1.54, 1.807) is 42.5 Å². The number of carbonyl (C=O) groups excluding carboxylic acids is 2. The van der Waals surface area contributed by atoms with Crippen LogP contribution in [-0.4, -0.2) is 35.7 Å². The topological polar surface area (TPSA) is 87.3 Å². The largest absolute Gasteiger partial charge is 0.494 e. The van der Waals surface area contributed by atoms with Gasteiger partial charge in [-0.05, 0) is 24.6 Å². The number of H-pyrrole nitrogens is 1. The van der Waals surface area contributed by atoms with Crippen molar-refractivity contribution in [1.29, 1.82) is 0 Å². The number of amides is 2. The number of hydrogen-bond donors (Lipinski definition) is 2. The second kappa shape index (κ2) is 6.51. The van der Waals surface area contributed by atoms with Gasteiger partial charge in [-0.25, -0.2) is 0 Å². The van der Waals surface area contributed by atoms with Gasteiger partial charge in [0.05, 0.1) is 30.1 Å². The van der Waals surface area contributed by atoms with Gasteiger partial charge in [-0.1, -0.05) is 12.1 Å². The molecule has 0 aliphatic carbocycles. The Morgan fingerprint density at radius 1 is 1.31 bits per heavy atom. The second-order valence-corrected chi connectivity index (χ2v) is 6.13. The van der Waals surface area contributed by atoms with Gasteiger partial charge in [0.2, 0.25) is 5.91 Å². The molecule has 1 aliphatic rings. The summed E-state index contributed by atoms with van der Waals surface area (Å²) in [6.07, 6.45) is 3.07. The zero-order valence-electron chi connectivity index (χ0n) is 14.3. The summed E-state index contributed by atoms with van der Waals surface area (Å²) in [5, 5.41) is 10.6. The van der Waals surface area contributed by atoms with Gasteiger partial charge in [0.25, 0.3) is 5.91 Å². The number of para-hydroxylation sites is 1. The Kier molecular flexibility index (Phi) is 4.04. The lowest BCUT2D eigenvalue weighted by atomic mass is 10.1. The zero-order valence-corrected chi connectivity index (χ0v) is 14.3. The van der Waals surface area contributed by atoms with E-state index in [-0.39, 0.29) is 11.8 Å². The fourth-order valence-electron chi connectivity index (χ4n) is 3.24. The number of carbonyl (C=O) groups is 2. The fourth-order valence-corrected chi connectivity index (χ4v) is 3.24. The Morgan fingerprint density at radius 3 is 2.96 bits per heavy atom. The molecule has 0 unspecified atom stereocenters. The minimum Gasteiger partial charge on any atom is -0.494 e. The van der Waals surface area contributed by atoms with Crippen LogP contribution < -0.4 is 15.0 Å². The minimum absolute atomic E-state index is 0.0889. The summed E-state index contributed by atoms with van der Waals surface area (Å²) in [7, 11) is 1.55. The average molecular weight is 350 g/mol. The van der Waals surface area contributed by atoms with E-state index in [1.807, 2.05) is 12.1 Å². The molecule has 2 heterocycles. The molecule has 0 saturated carbocycles. The Bertz CT molecular complexity index is 995. The number of aromatic nitrogens is 2. The van der Waals surface area contributed by atoms with E-state index < -0.39 is 0 Å². The Balaban J connectivity index is 1.61. The van der Waals surface area contributed by atoms with Gasteiger partial charge in [-0.3, -0.25) is 14.7 Å². The number of rotatable bonds is 4. The molecular weight excluding hydrogens is 332 g/mol. The number of nitrogens with one attached hydrogen (secondary N) is 2. The third-order valence-electron chi connectivity index (χ3n) is 4.52. The molecule has 1 aliphatic heterocycles. The number of aromatic amines is 1. The highest BCUT2D eigenvalue weighted by Gasteiger charge is 2.24. The van der Waals surface area contributed by atoms with Crippen LogP contribution in [-0.2, 0) is 4.79 Å². The van der Waals surface area contributed by atoms with Crippen molar-refractivity contribution in [1.82, 2.24) is 10.2 Å². The molecule has 1 fully saturated rings. The van der Waals surface area contributed by atoms with Crippen molar-refractivity contribution in [2.24, 2.45) is 0 Å². The number of nitrogens with zero attached hydrogens (tertiary/aromatic N) is 2. The molecule has 1 saturated heterocycles. The van der Waals surface area contributed by atoms with Crippen LogP contribution in [0.4, 0.5) is 11.4 Å². The summed E-state index contributed by atoms with van der Waals surface area (Å²) < 4.78 is 5.43. The third-order valence-corrected chi connectivity index (χ3v) is 4.52. The van der Waals surface area contributed by atoms with Crippen LogP contribution in [0.15, 0.2) is 42.6 Å². The van der Waals surface area contributed by atoms with E-state index in [0.29, 0.717) is 35.5 Å². The first-order valence-corrected chi connectivity index (χ1v) is 8.39. The molecule has 4 rings (SSSR count). The molecule has 0 radical (unpaired) electrons. The van der Waals surface area contributed by atoms with Gasteiger partial charge in [0, 0.05) is 30.1 Å².